The van der Waals surface area contributed by atoms with E-state index in [0.717, 1.165) is 23.4 Å². The Morgan fingerprint density at radius 2 is 2.00 bits per heavy atom. The Balaban J connectivity index is 0.000000878. The second-order valence-corrected chi connectivity index (χ2v) is 6.58. The quantitative estimate of drug-likeness (QED) is 0.677. The van der Waals surface area contributed by atoms with Gasteiger partial charge < -0.3 is 9.47 Å². The molecule has 0 aliphatic heterocycles. The third-order valence-electron chi connectivity index (χ3n) is 4.43. The van der Waals surface area contributed by atoms with Crippen molar-refractivity contribution in [1.82, 2.24) is 9.78 Å². The second kappa shape index (κ2) is 9.17. The van der Waals surface area contributed by atoms with Crippen LogP contribution in [-0.2, 0) is 22.6 Å². The lowest BCUT2D eigenvalue weighted by atomic mass is 10.1. The number of alkyl halides is 2. The van der Waals surface area contributed by atoms with Gasteiger partial charge in [0.05, 0.1) is 36.0 Å². The number of aromatic nitrogens is 2. The van der Waals surface area contributed by atoms with Crippen molar-refractivity contribution < 1.29 is 27.8 Å². The standard InChI is InChI=1S/C18H21ClF2N2O2.CO2/c1-4-14-16(19)17(23(5-2)22-14)13-7-6-12(8-15(13)24-3)25-10-11-9-18(11,20)21;2-1-3/h6-8,11H,4-5,9-10H2,1-3H3;. The first-order chi connectivity index (χ1) is 13.3. The lowest BCUT2D eigenvalue weighted by molar-refractivity contribution is -0.191. The summed E-state index contributed by atoms with van der Waals surface area (Å²) in [6.07, 6.45) is 0.880. The first-order valence-corrected chi connectivity index (χ1v) is 9.14. The van der Waals surface area contributed by atoms with Gasteiger partial charge in [-0.25, -0.2) is 8.78 Å². The third kappa shape index (κ3) is 4.69. The van der Waals surface area contributed by atoms with Crippen molar-refractivity contribution in [3.05, 3.63) is 28.9 Å². The topological polar surface area (TPSA) is 70.4 Å². The molecule has 1 saturated carbocycles. The minimum atomic E-state index is -2.58. The van der Waals surface area contributed by atoms with Gasteiger partial charge in [-0.05, 0) is 25.5 Å². The van der Waals surface area contributed by atoms with Crippen LogP contribution in [0.4, 0.5) is 8.78 Å². The molecule has 1 unspecified atom stereocenters. The van der Waals surface area contributed by atoms with Crippen molar-refractivity contribution in [2.45, 2.75) is 39.2 Å². The molecule has 1 heterocycles. The first kappa shape index (κ1) is 21.9. The molecule has 6 nitrogen and oxygen atoms in total. The number of nitrogens with zero attached hydrogens (tertiary/aromatic N) is 2. The minimum absolute atomic E-state index is 0.00311. The summed E-state index contributed by atoms with van der Waals surface area (Å²) < 4.78 is 38.7. The van der Waals surface area contributed by atoms with Gasteiger partial charge in [-0.15, -0.1) is 0 Å². The summed E-state index contributed by atoms with van der Waals surface area (Å²) in [6, 6.07) is 5.27. The van der Waals surface area contributed by atoms with E-state index >= 15 is 0 Å². The van der Waals surface area contributed by atoms with E-state index in [-0.39, 0.29) is 19.2 Å². The van der Waals surface area contributed by atoms with Crippen LogP contribution in [0.2, 0.25) is 5.02 Å². The number of rotatable bonds is 7. The van der Waals surface area contributed by atoms with Crippen LogP contribution in [0.5, 0.6) is 11.5 Å². The highest BCUT2D eigenvalue weighted by molar-refractivity contribution is 6.33. The van der Waals surface area contributed by atoms with E-state index in [9.17, 15) is 8.78 Å². The maximum Gasteiger partial charge on any atom is 0.373 e. The van der Waals surface area contributed by atoms with Gasteiger partial charge in [-0.3, -0.25) is 4.68 Å². The Labute approximate surface area is 166 Å². The Morgan fingerprint density at radius 3 is 2.50 bits per heavy atom. The zero-order valence-electron chi connectivity index (χ0n) is 15.8. The molecule has 0 radical (unpaired) electrons. The molecule has 1 aromatic heterocycles. The fraction of sp³-hybridized carbons (Fsp3) is 0.474. The van der Waals surface area contributed by atoms with Crippen LogP contribution in [0.1, 0.15) is 26.0 Å². The number of methoxy groups -OCH3 is 1. The zero-order chi connectivity index (χ0) is 20.9. The summed E-state index contributed by atoms with van der Waals surface area (Å²) >= 11 is 6.50. The molecular weight excluding hydrogens is 394 g/mol. The second-order valence-electron chi connectivity index (χ2n) is 6.20. The van der Waals surface area contributed by atoms with Gasteiger partial charge in [-0.2, -0.15) is 14.7 Å². The Morgan fingerprint density at radius 1 is 1.36 bits per heavy atom. The van der Waals surface area contributed by atoms with Gasteiger partial charge in [0.15, 0.2) is 0 Å². The van der Waals surface area contributed by atoms with E-state index in [1.807, 2.05) is 24.6 Å². The normalized spacial score (nSPS) is 16.6. The number of hydrogen-bond donors (Lipinski definition) is 0. The van der Waals surface area contributed by atoms with Crippen LogP contribution in [0.3, 0.4) is 0 Å². The van der Waals surface area contributed by atoms with Gasteiger partial charge >= 0.3 is 6.15 Å². The third-order valence-corrected chi connectivity index (χ3v) is 4.83. The van der Waals surface area contributed by atoms with Crippen LogP contribution in [0, 0.1) is 5.92 Å². The summed E-state index contributed by atoms with van der Waals surface area (Å²) in [5.41, 5.74) is 2.42. The molecule has 28 heavy (non-hydrogen) atoms. The van der Waals surface area contributed by atoms with Crippen molar-refractivity contribution >= 4 is 17.8 Å². The molecule has 2 aromatic rings. The van der Waals surface area contributed by atoms with Crippen molar-refractivity contribution in [2.75, 3.05) is 13.7 Å². The van der Waals surface area contributed by atoms with E-state index in [0.29, 0.717) is 23.1 Å². The smallest absolute Gasteiger partial charge is 0.373 e. The molecule has 9 heteroatoms. The predicted octanol–water partition coefficient (Wildman–Crippen LogP) is 4.24. The maximum absolute atomic E-state index is 13.0. The van der Waals surface area contributed by atoms with E-state index in [2.05, 4.69) is 5.10 Å². The summed E-state index contributed by atoms with van der Waals surface area (Å²) in [4.78, 5) is 16.2. The number of ether oxygens (including phenoxy) is 2. The summed E-state index contributed by atoms with van der Waals surface area (Å²) in [5.74, 6) is -2.21. The van der Waals surface area contributed by atoms with E-state index in [4.69, 9.17) is 30.7 Å². The van der Waals surface area contributed by atoms with Crippen LogP contribution in [0.15, 0.2) is 18.2 Å². The Bertz CT molecular complexity index is 864. The molecule has 0 amide bonds. The average molecular weight is 415 g/mol. The molecule has 1 aliphatic carbocycles. The zero-order valence-corrected chi connectivity index (χ0v) is 16.6. The highest BCUT2D eigenvalue weighted by Gasteiger charge is 2.57. The highest BCUT2D eigenvalue weighted by atomic mass is 35.5. The molecule has 1 aliphatic rings. The molecule has 0 spiro atoms. The van der Waals surface area contributed by atoms with E-state index < -0.39 is 11.8 Å². The SMILES string of the molecule is CCc1nn(CC)c(-c2ccc(OCC3CC3(F)F)cc2OC)c1Cl.O=C=O. The summed E-state index contributed by atoms with van der Waals surface area (Å²) in [6.45, 7) is 4.67. The molecule has 1 fully saturated rings. The van der Waals surface area contributed by atoms with Crippen LogP contribution >= 0.6 is 11.6 Å². The lowest BCUT2D eigenvalue weighted by Gasteiger charge is -2.13. The van der Waals surface area contributed by atoms with Crippen molar-refractivity contribution in [3.63, 3.8) is 0 Å². The predicted molar refractivity (Wildman–Crippen MR) is 97.8 cm³/mol. The maximum atomic E-state index is 13.0. The van der Waals surface area contributed by atoms with Gasteiger partial charge in [-0.1, -0.05) is 18.5 Å². The number of carbonyl (C=O) groups excluding carboxylic acids is 2. The molecule has 152 valence electrons. The fourth-order valence-electron chi connectivity index (χ4n) is 2.81. The average Bonchev–Trinajstić information content (AvgIpc) is 3.16. The molecular formula is C19H21ClF2N2O4. The Hall–Kier alpha value is -2.44. The summed E-state index contributed by atoms with van der Waals surface area (Å²) in [7, 11) is 1.55. The van der Waals surface area contributed by atoms with E-state index in [1.54, 1.807) is 19.2 Å². The number of hydrogen-bond acceptors (Lipinski definition) is 5. The number of halogens is 3. The molecule has 1 aromatic carbocycles. The number of benzene rings is 1. The molecule has 3 rings (SSSR count). The van der Waals surface area contributed by atoms with Gasteiger partial charge in [0.1, 0.15) is 11.5 Å². The van der Waals surface area contributed by atoms with Gasteiger partial charge in [0.25, 0.3) is 5.92 Å². The minimum Gasteiger partial charge on any atom is -0.496 e. The first-order valence-electron chi connectivity index (χ1n) is 8.76. The fourth-order valence-corrected chi connectivity index (χ4v) is 3.18. The molecule has 1 atom stereocenters. The Kier molecular flexibility index (Phi) is 7.16. The summed E-state index contributed by atoms with van der Waals surface area (Å²) in [5, 5.41) is 5.12. The highest BCUT2D eigenvalue weighted by Crippen LogP contribution is 2.48. The molecule has 0 N–H and O–H groups in total. The van der Waals surface area contributed by atoms with Crippen molar-refractivity contribution in [3.8, 4) is 22.8 Å². The largest absolute Gasteiger partial charge is 0.496 e. The van der Waals surface area contributed by atoms with Crippen molar-refractivity contribution in [2.24, 2.45) is 5.92 Å². The van der Waals surface area contributed by atoms with E-state index in [1.165, 1.54) is 0 Å². The van der Waals surface area contributed by atoms with Crippen LogP contribution < -0.4 is 9.47 Å². The van der Waals surface area contributed by atoms with Crippen LogP contribution in [0.25, 0.3) is 11.3 Å². The lowest BCUT2D eigenvalue weighted by Crippen LogP contribution is -2.06. The monoisotopic (exact) mass is 414 g/mol. The molecule has 0 saturated heterocycles. The van der Waals surface area contributed by atoms with Gasteiger partial charge in [0, 0.05) is 24.6 Å². The van der Waals surface area contributed by atoms with Gasteiger partial charge in [0.2, 0.25) is 0 Å². The molecule has 0 bridgehead atoms. The van der Waals surface area contributed by atoms with Crippen LogP contribution in [-0.4, -0.2) is 35.6 Å². The van der Waals surface area contributed by atoms with Crippen molar-refractivity contribution in [1.29, 1.82) is 0 Å². The number of aryl methyl sites for hydroxylation is 2.